The number of nitrogens with zero attached hydrogens (tertiary/aromatic N) is 3. The minimum atomic E-state index is -0.453. The molecule has 4 aromatic rings. The first-order chi connectivity index (χ1) is 12.6. The Morgan fingerprint density at radius 1 is 1.12 bits per heavy atom. The van der Waals surface area contributed by atoms with E-state index in [0.29, 0.717) is 28.3 Å². The number of rotatable bonds is 4. The molecule has 0 spiro atoms. The molecule has 2 aromatic carbocycles. The highest BCUT2D eigenvalue weighted by Gasteiger charge is 2.15. The minimum absolute atomic E-state index is 0.193. The fourth-order valence-electron chi connectivity index (χ4n) is 2.68. The van der Waals surface area contributed by atoms with Crippen LogP contribution >= 0.6 is 11.6 Å². The molecule has 0 aliphatic rings. The molecule has 0 unspecified atom stereocenters. The normalized spacial score (nSPS) is 12.3. The van der Waals surface area contributed by atoms with Gasteiger partial charge in [0.2, 0.25) is 0 Å². The molecule has 1 N–H and O–H groups in total. The number of H-pyrrole nitrogens is 1. The second-order valence-corrected chi connectivity index (χ2v) is 6.12. The van der Waals surface area contributed by atoms with Gasteiger partial charge in [-0.2, -0.15) is 0 Å². The van der Waals surface area contributed by atoms with Crippen LogP contribution in [0.3, 0.4) is 0 Å². The maximum atomic E-state index is 14.6. The van der Waals surface area contributed by atoms with Crippen molar-refractivity contribution in [2.45, 2.75) is 13.0 Å². The van der Waals surface area contributed by atoms with E-state index in [-0.39, 0.29) is 11.3 Å². The van der Waals surface area contributed by atoms with Crippen LogP contribution in [-0.4, -0.2) is 19.9 Å². The van der Waals surface area contributed by atoms with Crippen LogP contribution < -0.4 is 4.74 Å². The van der Waals surface area contributed by atoms with Crippen LogP contribution in [0.1, 0.15) is 18.6 Å². The van der Waals surface area contributed by atoms with Crippen LogP contribution in [0.4, 0.5) is 4.39 Å². The number of hydrogen-bond acceptors (Lipinski definition) is 4. The molecule has 0 saturated carbocycles. The summed E-state index contributed by atoms with van der Waals surface area (Å²) in [4.78, 5) is 15.2. The zero-order valence-corrected chi connectivity index (χ0v) is 14.5. The lowest BCUT2D eigenvalue weighted by molar-refractivity contribution is 0.226. The molecule has 130 valence electrons. The topological polar surface area (TPSA) is 63.7 Å². The lowest BCUT2D eigenvalue weighted by Crippen LogP contribution is -2.03. The molecule has 0 radical (unpaired) electrons. The number of imidazole rings is 1. The molecular formula is C19H14ClFN4O. The monoisotopic (exact) mass is 368 g/mol. The number of benzene rings is 2. The number of halogens is 2. The van der Waals surface area contributed by atoms with Gasteiger partial charge in [-0.3, -0.25) is 0 Å². The molecule has 4 rings (SSSR count). The predicted molar refractivity (Wildman–Crippen MR) is 97.6 cm³/mol. The van der Waals surface area contributed by atoms with Gasteiger partial charge in [0.1, 0.15) is 35.3 Å². The average molecular weight is 369 g/mol. The molecule has 7 heteroatoms. The molecule has 0 saturated heterocycles. The summed E-state index contributed by atoms with van der Waals surface area (Å²) in [6.07, 6.45) is 1.13. The second-order valence-electron chi connectivity index (χ2n) is 5.76. The zero-order chi connectivity index (χ0) is 18.1. The van der Waals surface area contributed by atoms with Gasteiger partial charge in [-0.15, -0.1) is 0 Å². The summed E-state index contributed by atoms with van der Waals surface area (Å²) in [6, 6.07) is 14.4. The van der Waals surface area contributed by atoms with Gasteiger partial charge in [-0.05, 0) is 24.6 Å². The molecule has 0 fully saturated rings. The maximum absolute atomic E-state index is 14.6. The highest BCUT2D eigenvalue weighted by atomic mass is 35.5. The van der Waals surface area contributed by atoms with Gasteiger partial charge >= 0.3 is 0 Å². The largest absolute Gasteiger partial charge is 0.486 e. The Bertz CT molecular complexity index is 1070. The zero-order valence-electron chi connectivity index (χ0n) is 13.8. The fraction of sp³-hybridized carbons (Fsp3) is 0.105. The Balaban J connectivity index is 1.62. The Kier molecular flexibility index (Phi) is 4.26. The first kappa shape index (κ1) is 16.5. The molecular weight excluding hydrogens is 355 g/mol. The van der Waals surface area contributed by atoms with Crippen molar-refractivity contribution in [3.05, 3.63) is 71.4 Å². The third-order valence-electron chi connectivity index (χ3n) is 4.02. The highest BCUT2D eigenvalue weighted by Crippen LogP contribution is 2.29. The average Bonchev–Trinajstić information content (AvgIpc) is 3.08. The number of hydrogen-bond donors (Lipinski definition) is 1. The van der Waals surface area contributed by atoms with Gasteiger partial charge in [0.15, 0.2) is 10.8 Å². The molecule has 0 aliphatic carbocycles. The van der Waals surface area contributed by atoms with E-state index in [0.717, 1.165) is 5.56 Å². The summed E-state index contributed by atoms with van der Waals surface area (Å²) < 4.78 is 20.4. The van der Waals surface area contributed by atoms with E-state index in [1.54, 1.807) is 12.1 Å². The van der Waals surface area contributed by atoms with Crippen LogP contribution in [0.2, 0.25) is 5.15 Å². The molecule has 0 aliphatic heterocycles. The Morgan fingerprint density at radius 3 is 2.65 bits per heavy atom. The third kappa shape index (κ3) is 3.11. The Hall–Kier alpha value is -2.99. The van der Waals surface area contributed by atoms with Crippen molar-refractivity contribution in [3.63, 3.8) is 0 Å². The molecule has 0 bridgehead atoms. The number of aromatic nitrogens is 4. The van der Waals surface area contributed by atoms with Gasteiger partial charge in [0.05, 0.1) is 5.56 Å². The van der Waals surface area contributed by atoms with E-state index < -0.39 is 5.82 Å². The predicted octanol–water partition coefficient (Wildman–Crippen LogP) is 4.95. The number of fused-ring (bicyclic) bond motifs is 1. The van der Waals surface area contributed by atoms with Crippen LogP contribution in [0.25, 0.3) is 22.6 Å². The minimum Gasteiger partial charge on any atom is -0.486 e. The first-order valence-corrected chi connectivity index (χ1v) is 8.37. The van der Waals surface area contributed by atoms with Crippen LogP contribution in [-0.2, 0) is 0 Å². The van der Waals surface area contributed by atoms with E-state index >= 15 is 0 Å². The van der Waals surface area contributed by atoms with Crippen LogP contribution in [0, 0.1) is 5.82 Å². The number of ether oxygens (including phenoxy) is 1. The van der Waals surface area contributed by atoms with Gasteiger partial charge in [0.25, 0.3) is 0 Å². The van der Waals surface area contributed by atoms with Crippen molar-refractivity contribution >= 4 is 22.8 Å². The first-order valence-electron chi connectivity index (χ1n) is 7.99. The van der Waals surface area contributed by atoms with E-state index in [9.17, 15) is 4.39 Å². The number of aromatic amines is 1. The van der Waals surface area contributed by atoms with Gasteiger partial charge in [0, 0.05) is 6.07 Å². The smallest absolute Gasteiger partial charge is 0.162 e. The van der Waals surface area contributed by atoms with Crippen LogP contribution in [0.15, 0.2) is 54.9 Å². The van der Waals surface area contributed by atoms with E-state index in [1.807, 2.05) is 37.3 Å². The quantitative estimate of drug-likeness (QED) is 0.517. The summed E-state index contributed by atoms with van der Waals surface area (Å²) in [5, 5.41) is 0.217. The summed E-state index contributed by atoms with van der Waals surface area (Å²) >= 11 is 5.99. The van der Waals surface area contributed by atoms with Crippen molar-refractivity contribution in [1.82, 2.24) is 19.9 Å². The van der Waals surface area contributed by atoms with Crippen molar-refractivity contribution < 1.29 is 9.13 Å². The lowest BCUT2D eigenvalue weighted by atomic mass is 10.1. The second kappa shape index (κ2) is 6.72. The van der Waals surface area contributed by atoms with Crippen LogP contribution in [0.5, 0.6) is 5.75 Å². The lowest BCUT2D eigenvalue weighted by Gasteiger charge is -2.15. The summed E-state index contributed by atoms with van der Waals surface area (Å²) in [6.45, 7) is 1.92. The van der Waals surface area contributed by atoms with Crippen molar-refractivity contribution in [2.75, 3.05) is 0 Å². The Morgan fingerprint density at radius 2 is 1.92 bits per heavy atom. The molecule has 0 amide bonds. The standard InChI is InChI=1S/C19H14ClFN4O/c1-11(12-5-3-2-4-6-12)26-13-7-8-14(15(21)9-13)18-24-16-17(20)22-10-23-19(16)25-18/h2-11H,1H3,(H,22,23,24,25)/t11-/m0/s1. The van der Waals surface area contributed by atoms with Gasteiger partial charge < -0.3 is 9.72 Å². The summed E-state index contributed by atoms with van der Waals surface area (Å²) in [5.74, 6) is 0.324. The molecule has 1 atom stereocenters. The molecule has 2 aromatic heterocycles. The summed E-state index contributed by atoms with van der Waals surface area (Å²) in [5.41, 5.74) is 2.18. The maximum Gasteiger partial charge on any atom is 0.162 e. The van der Waals surface area contributed by atoms with E-state index in [4.69, 9.17) is 16.3 Å². The molecule has 2 heterocycles. The number of nitrogens with one attached hydrogen (secondary N) is 1. The van der Waals surface area contributed by atoms with Crippen molar-refractivity contribution in [2.24, 2.45) is 0 Å². The molecule has 5 nitrogen and oxygen atoms in total. The molecule has 26 heavy (non-hydrogen) atoms. The van der Waals surface area contributed by atoms with E-state index in [2.05, 4.69) is 19.9 Å². The van der Waals surface area contributed by atoms with Crippen molar-refractivity contribution in [3.8, 4) is 17.1 Å². The third-order valence-corrected chi connectivity index (χ3v) is 4.29. The fourth-order valence-corrected chi connectivity index (χ4v) is 2.86. The summed E-state index contributed by atoms with van der Waals surface area (Å²) in [7, 11) is 0. The highest BCUT2D eigenvalue weighted by molar-refractivity contribution is 6.33. The van der Waals surface area contributed by atoms with Crippen molar-refractivity contribution in [1.29, 1.82) is 0 Å². The van der Waals surface area contributed by atoms with E-state index in [1.165, 1.54) is 12.4 Å². The van der Waals surface area contributed by atoms with Gasteiger partial charge in [-0.1, -0.05) is 41.9 Å². The Labute approximate surface area is 153 Å². The SMILES string of the molecule is C[C@H](Oc1ccc(-c2nc3c(Cl)ncnc3[nH]2)c(F)c1)c1ccccc1. The van der Waals surface area contributed by atoms with Gasteiger partial charge in [-0.25, -0.2) is 19.3 Å².